The number of H-pyrrole nitrogens is 1. The third kappa shape index (κ3) is 3.61. The van der Waals surface area contributed by atoms with Crippen LogP contribution >= 0.6 is 0 Å². The number of benzene rings is 2. The zero-order valence-corrected chi connectivity index (χ0v) is 15.8. The van der Waals surface area contributed by atoms with E-state index in [1.165, 1.54) is 19.4 Å². The van der Waals surface area contributed by atoms with Gasteiger partial charge in [-0.2, -0.15) is 5.10 Å². The molecule has 2 aromatic heterocycles. The van der Waals surface area contributed by atoms with Crippen molar-refractivity contribution in [3.8, 4) is 17.0 Å². The summed E-state index contributed by atoms with van der Waals surface area (Å²) in [4.78, 5) is 3.44. The Morgan fingerprint density at radius 1 is 1.03 bits per heavy atom. The topological polar surface area (TPSA) is 97.0 Å². The molecular weight excluding hydrogens is 402 g/mol. The molecule has 0 bridgehead atoms. The predicted octanol–water partition coefficient (Wildman–Crippen LogP) is 3.71. The van der Waals surface area contributed by atoms with Gasteiger partial charge in [0.25, 0.3) is 10.0 Å². The first-order chi connectivity index (χ1) is 13.9. The Bertz CT molecular complexity index is 1320. The van der Waals surface area contributed by atoms with Crippen molar-refractivity contribution in [2.24, 2.45) is 0 Å². The smallest absolute Gasteiger partial charge is 0.264 e. The van der Waals surface area contributed by atoms with Crippen molar-refractivity contribution in [2.75, 3.05) is 11.8 Å². The highest BCUT2D eigenvalue weighted by molar-refractivity contribution is 7.92. The van der Waals surface area contributed by atoms with Crippen molar-refractivity contribution in [1.29, 1.82) is 0 Å². The molecule has 7 nitrogen and oxygen atoms in total. The van der Waals surface area contributed by atoms with Crippen LogP contribution in [0.25, 0.3) is 22.0 Å². The summed E-state index contributed by atoms with van der Waals surface area (Å²) in [6.07, 6.45) is 3.19. The van der Waals surface area contributed by atoms with E-state index in [0.717, 1.165) is 28.6 Å². The number of fused-ring (bicyclic) bond motifs is 1. The zero-order chi connectivity index (χ0) is 20.6. The molecule has 148 valence electrons. The largest absolute Gasteiger partial charge is 0.480 e. The lowest BCUT2D eigenvalue weighted by Crippen LogP contribution is -2.15. The van der Waals surface area contributed by atoms with E-state index in [0.29, 0.717) is 11.6 Å². The monoisotopic (exact) mass is 416 g/mol. The molecule has 0 spiro atoms. The minimum absolute atomic E-state index is 0.00392. The Kier molecular flexibility index (Phi) is 4.63. The number of pyridine rings is 1. The van der Waals surface area contributed by atoms with Crippen LogP contribution in [0, 0.1) is 11.6 Å². The van der Waals surface area contributed by atoms with Crippen molar-refractivity contribution in [3.63, 3.8) is 0 Å². The Hall–Kier alpha value is -3.53. The molecule has 0 unspecified atom stereocenters. The number of ether oxygens (including phenoxy) is 1. The molecule has 0 saturated heterocycles. The number of aromatic nitrogens is 3. The summed E-state index contributed by atoms with van der Waals surface area (Å²) < 4.78 is 59.7. The lowest BCUT2D eigenvalue weighted by Gasteiger charge is -2.13. The fourth-order valence-electron chi connectivity index (χ4n) is 2.86. The molecule has 0 fully saturated rings. The lowest BCUT2D eigenvalue weighted by molar-refractivity contribution is 0.400. The van der Waals surface area contributed by atoms with E-state index < -0.39 is 26.6 Å². The Morgan fingerprint density at radius 3 is 2.62 bits per heavy atom. The molecule has 4 rings (SSSR count). The van der Waals surface area contributed by atoms with E-state index >= 15 is 0 Å². The van der Waals surface area contributed by atoms with E-state index in [-0.39, 0.29) is 11.6 Å². The van der Waals surface area contributed by atoms with Crippen LogP contribution in [0.1, 0.15) is 0 Å². The van der Waals surface area contributed by atoms with Gasteiger partial charge < -0.3 is 4.74 Å². The van der Waals surface area contributed by atoms with Crippen LogP contribution in [0.3, 0.4) is 0 Å². The molecule has 10 heteroatoms. The van der Waals surface area contributed by atoms with Gasteiger partial charge in [0.1, 0.15) is 22.2 Å². The summed E-state index contributed by atoms with van der Waals surface area (Å²) in [5.74, 6) is -2.08. The van der Waals surface area contributed by atoms with Gasteiger partial charge in [-0.05, 0) is 35.9 Å². The zero-order valence-electron chi connectivity index (χ0n) is 15.0. The van der Waals surface area contributed by atoms with Crippen LogP contribution < -0.4 is 9.46 Å². The van der Waals surface area contributed by atoms with Gasteiger partial charge in [-0.15, -0.1) is 0 Å². The van der Waals surface area contributed by atoms with Gasteiger partial charge in [-0.1, -0.05) is 6.07 Å². The number of rotatable bonds is 5. The molecule has 2 heterocycles. The Labute approximate surface area is 164 Å². The normalized spacial score (nSPS) is 11.6. The van der Waals surface area contributed by atoms with E-state index in [2.05, 4.69) is 19.9 Å². The van der Waals surface area contributed by atoms with Crippen molar-refractivity contribution >= 4 is 26.6 Å². The number of nitrogens with zero attached hydrogens (tertiary/aromatic N) is 2. The van der Waals surface area contributed by atoms with Crippen molar-refractivity contribution in [3.05, 3.63) is 66.5 Å². The highest BCUT2D eigenvalue weighted by atomic mass is 32.2. The van der Waals surface area contributed by atoms with Crippen molar-refractivity contribution < 1.29 is 21.9 Å². The van der Waals surface area contributed by atoms with Gasteiger partial charge in [-0.25, -0.2) is 22.2 Å². The lowest BCUT2D eigenvalue weighted by atomic mass is 10.1. The molecule has 0 atom stereocenters. The molecule has 29 heavy (non-hydrogen) atoms. The van der Waals surface area contributed by atoms with E-state index in [4.69, 9.17) is 4.74 Å². The fraction of sp³-hybridized carbons (Fsp3) is 0.0526. The van der Waals surface area contributed by atoms with Crippen LogP contribution in [-0.4, -0.2) is 30.7 Å². The van der Waals surface area contributed by atoms with Gasteiger partial charge in [0.05, 0.1) is 18.8 Å². The highest BCUT2D eigenvalue weighted by Gasteiger charge is 2.22. The second kappa shape index (κ2) is 7.13. The molecule has 2 aromatic carbocycles. The van der Waals surface area contributed by atoms with E-state index in [1.807, 2.05) is 18.2 Å². The van der Waals surface area contributed by atoms with Gasteiger partial charge >= 0.3 is 0 Å². The number of hydrogen-bond acceptors (Lipinski definition) is 5. The van der Waals surface area contributed by atoms with Crippen molar-refractivity contribution in [2.45, 2.75) is 4.90 Å². The van der Waals surface area contributed by atoms with Crippen LogP contribution in [0.15, 0.2) is 59.8 Å². The number of nitrogens with one attached hydrogen (secondary N) is 2. The van der Waals surface area contributed by atoms with Crippen LogP contribution in [0.2, 0.25) is 0 Å². The summed E-state index contributed by atoms with van der Waals surface area (Å²) in [6.45, 7) is 0. The standard InChI is InChI=1S/C19H14F2N4O3S/c1-28-19-17(25-29(26,27)18-5-3-14(20)8-15(18)21)7-12(9-22-19)11-2-4-16-13(6-11)10-23-24-16/h2-10,25H,1H3,(H,23,24). The molecule has 0 aliphatic heterocycles. The second-order valence-electron chi connectivity index (χ2n) is 6.13. The fourth-order valence-corrected chi connectivity index (χ4v) is 3.97. The molecule has 4 aromatic rings. The molecule has 0 radical (unpaired) electrons. The third-order valence-corrected chi connectivity index (χ3v) is 5.64. The Balaban J connectivity index is 1.75. The average Bonchev–Trinajstić information content (AvgIpc) is 3.15. The van der Waals surface area contributed by atoms with Gasteiger partial charge in [0.2, 0.25) is 5.88 Å². The second-order valence-corrected chi connectivity index (χ2v) is 7.78. The molecule has 0 saturated carbocycles. The number of methoxy groups -OCH3 is 1. The summed E-state index contributed by atoms with van der Waals surface area (Å²) in [5.41, 5.74) is 2.23. The summed E-state index contributed by atoms with van der Waals surface area (Å²) >= 11 is 0. The first kappa shape index (κ1) is 18.8. The van der Waals surface area contributed by atoms with Crippen LogP contribution in [0.4, 0.5) is 14.5 Å². The number of sulfonamides is 1. The predicted molar refractivity (Wildman–Crippen MR) is 103 cm³/mol. The Morgan fingerprint density at radius 2 is 1.86 bits per heavy atom. The minimum atomic E-state index is -4.34. The van der Waals surface area contributed by atoms with Gasteiger partial charge in [-0.3, -0.25) is 9.82 Å². The molecule has 2 N–H and O–H groups in total. The van der Waals surface area contributed by atoms with Gasteiger partial charge in [0.15, 0.2) is 0 Å². The summed E-state index contributed by atoms with van der Waals surface area (Å²) in [7, 11) is -3.02. The highest BCUT2D eigenvalue weighted by Crippen LogP contribution is 2.31. The molecule has 0 amide bonds. The number of hydrogen-bond donors (Lipinski definition) is 2. The van der Waals surface area contributed by atoms with Gasteiger partial charge in [0, 0.05) is 23.2 Å². The molecule has 0 aliphatic rings. The number of anilines is 1. The molecular formula is C19H14F2N4O3S. The maximum absolute atomic E-state index is 14.0. The third-order valence-electron chi connectivity index (χ3n) is 4.25. The number of aromatic amines is 1. The maximum Gasteiger partial charge on any atom is 0.264 e. The summed E-state index contributed by atoms with van der Waals surface area (Å²) in [6, 6.07) is 9.25. The quantitative estimate of drug-likeness (QED) is 0.517. The van der Waals surface area contributed by atoms with E-state index in [1.54, 1.807) is 6.20 Å². The first-order valence-electron chi connectivity index (χ1n) is 8.33. The molecule has 0 aliphatic carbocycles. The first-order valence-corrected chi connectivity index (χ1v) is 9.81. The number of halogens is 2. The van der Waals surface area contributed by atoms with E-state index in [9.17, 15) is 17.2 Å². The van der Waals surface area contributed by atoms with Crippen LogP contribution in [0.5, 0.6) is 5.88 Å². The SMILES string of the molecule is COc1ncc(-c2ccc3[nH]ncc3c2)cc1NS(=O)(=O)c1ccc(F)cc1F. The van der Waals surface area contributed by atoms with Crippen LogP contribution in [-0.2, 0) is 10.0 Å². The van der Waals surface area contributed by atoms with Crippen molar-refractivity contribution in [1.82, 2.24) is 15.2 Å². The summed E-state index contributed by atoms with van der Waals surface area (Å²) in [5, 5.41) is 7.68. The maximum atomic E-state index is 14.0. The minimum Gasteiger partial charge on any atom is -0.480 e. The average molecular weight is 416 g/mol.